The Labute approximate surface area is 194 Å². The number of fused-ring (bicyclic) bond motifs is 1. The molecule has 12 heteroatoms. The van der Waals surface area contributed by atoms with Crippen molar-refractivity contribution >= 4 is 33.1 Å². The highest BCUT2D eigenvalue weighted by atomic mass is 32.2. The van der Waals surface area contributed by atoms with E-state index in [0.29, 0.717) is 11.3 Å². The van der Waals surface area contributed by atoms with E-state index in [1.165, 1.54) is 20.0 Å². The Bertz CT molecular complexity index is 1240. The van der Waals surface area contributed by atoms with E-state index in [-0.39, 0.29) is 28.6 Å². The molecule has 0 atom stereocenters. The van der Waals surface area contributed by atoms with E-state index >= 15 is 0 Å². The Morgan fingerprint density at radius 3 is 2.38 bits per heavy atom. The number of hydrogen-bond donors (Lipinski definition) is 1. The molecule has 0 aliphatic carbocycles. The SMILES string of the molecule is CCOC1=C(/C(C)=N/OCC(=O)Nc2ccc(C(F)(F)F)cc2)N(C)S(=O)(=O)c2ccccc21. The predicted molar refractivity (Wildman–Crippen MR) is 119 cm³/mol. The lowest BCUT2D eigenvalue weighted by atomic mass is 10.1. The minimum atomic E-state index is -4.48. The molecule has 1 aliphatic rings. The maximum atomic E-state index is 12.9. The zero-order valence-electron chi connectivity index (χ0n) is 18.5. The number of ether oxygens (including phenoxy) is 1. The van der Waals surface area contributed by atoms with Crippen LogP contribution in [0.25, 0.3) is 5.76 Å². The fraction of sp³-hybridized carbons (Fsp3) is 0.273. The molecule has 1 amide bonds. The van der Waals surface area contributed by atoms with E-state index < -0.39 is 34.3 Å². The van der Waals surface area contributed by atoms with E-state index in [1.807, 2.05) is 0 Å². The Kier molecular flexibility index (Phi) is 7.20. The second-order valence-electron chi connectivity index (χ2n) is 7.15. The molecular formula is C22H22F3N3O5S. The Morgan fingerprint density at radius 1 is 1.12 bits per heavy atom. The van der Waals surface area contributed by atoms with E-state index in [0.717, 1.165) is 28.6 Å². The van der Waals surface area contributed by atoms with Crippen molar-refractivity contribution in [2.45, 2.75) is 24.9 Å². The van der Waals surface area contributed by atoms with Crippen LogP contribution in [0.5, 0.6) is 0 Å². The van der Waals surface area contributed by atoms with Crippen molar-refractivity contribution in [2.24, 2.45) is 5.16 Å². The summed E-state index contributed by atoms with van der Waals surface area (Å²) in [4.78, 5) is 17.2. The van der Waals surface area contributed by atoms with Crippen LogP contribution in [-0.4, -0.2) is 44.6 Å². The van der Waals surface area contributed by atoms with Gasteiger partial charge in [-0.2, -0.15) is 13.2 Å². The van der Waals surface area contributed by atoms with Crippen molar-refractivity contribution in [1.29, 1.82) is 0 Å². The third kappa shape index (κ3) is 5.16. The van der Waals surface area contributed by atoms with Crippen LogP contribution in [0.15, 0.2) is 64.3 Å². The standard InChI is InChI=1S/C22H22F3N3O5S/c1-4-32-21-17-7-5-6-8-18(17)34(30,31)28(3)20(21)14(2)27-33-13-19(29)26-16-11-9-15(10-12-16)22(23,24)25/h5-12H,4,13H2,1-3H3,(H,26,29)/b27-14+. The fourth-order valence-electron chi connectivity index (χ4n) is 3.27. The first-order valence-corrected chi connectivity index (χ1v) is 11.5. The number of rotatable bonds is 7. The second-order valence-corrected chi connectivity index (χ2v) is 9.09. The number of halogens is 3. The Hall–Kier alpha value is -3.54. The van der Waals surface area contributed by atoms with E-state index in [4.69, 9.17) is 9.57 Å². The van der Waals surface area contributed by atoms with Gasteiger partial charge in [-0.25, -0.2) is 8.42 Å². The number of nitrogens with zero attached hydrogens (tertiary/aromatic N) is 2. The molecule has 0 radical (unpaired) electrons. The van der Waals surface area contributed by atoms with Gasteiger partial charge >= 0.3 is 6.18 Å². The highest BCUT2D eigenvalue weighted by molar-refractivity contribution is 7.89. The predicted octanol–water partition coefficient (Wildman–Crippen LogP) is 4.08. The van der Waals surface area contributed by atoms with Gasteiger partial charge in [-0.3, -0.25) is 9.10 Å². The molecule has 182 valence electrons. The topological polar surface area (TPSA) is 97.3 Å². The number of nitrogens with one attached hydrogen (secondary N) is 1. The lowest BCUT2D eigenvalue weighted by Crippen LogP contribution is -2.35. The molecule has 0 bridgehead atoms. The highest BCUT2D eigenvalue weighted by Crippen LogP contribution is 2.37. The number of carbonyl (C=O) groups is 1. The largest absolute Gasteiger partial charge is 0.491 e. The average molecular weight is 497 g/mol. The molecule has 0 fully saturated rings. The summed E-state index contributed by atoms with van der Waals surface area (Å²) in [5.74, 6) is -0.361. The van der Waals surface area contributed by atoms with Crippen molar-refractivity contribution in [2.75, 3.05) is 25.6 Å². The maximum absolute atomic E-state index is 12.9. The second kappa shape index (κ2) is 9.75. The summed E-state index contributed by atoms with van der Waals surface area (Å²) in [5, 5.41) is 6.25. The van der Waals surface area contributed by atoms with Gasteiger partial charge in [0.25, 0.3) is 15.9 Å². The van der Waals surface area contributed by atoms with Crippen LogP contribution in [0.2, 0.25) is 0 Å². The van der Waals surface area contributed by atoms with Crippen molar-refractivity contribution < 1.29 is 36.0 Å². The summed E-state index contributed by atoms with van der Waals surface area (Å²) in [7, 11) is -2.51. The van der Waals surface area contributed by atoms with Gasteiger partial charge in [0.2, 0.25) is 0 Å². The van der Waals surface area contributed by atoms with Gasteiger partial charge in [0, 0.05) is 18.3 Å². The van der Waals surface area contributed by atoms with Crippen LogP contribution in [0, 0.1) is 0 Å². The number of sulfonamides is 1. The molecule has 1 heterocycles. The number of anilines is 1. The number of alkyl halides is 3. The first-order valence-electron chi connectivity index (χ1n) is 10.1. The third-order valence-corrected chi connectivity index (χ3v) is 6.64. The summed E-state index contributed by atoms with van der Waals surface area (Å²) >= 11 is 0. The van der Waals surface area contributed by atoms with Gasteiger partial charge in [-0.15, -0.1) is 0 Å². The average Bonchev–Trinajstić information content (AvgIpc) is 2.77. The Morgan fingerprint density at radius 2 is 1.76 bits per heavy atom. The van der Waals surface area contributed by atoms with Crippen molar-refractivity contribution in [3.05, 3.63) is 65.4 Å². The van der Waals surface area contributed by atoms with Crippen molar-refractivity contribution in [3.8, 4) is 0 Å². The molecule has 0 saturated heterocycles. The number of hydrogen-bond acceptors (Lipinski definition) is 6. The smallest absolute Gasteiger partial charge is 0.416 e. The van der Waals surface area contributed by atoms with Crippen LogP contribution >= 0.6 is 0 Å². The quantitative estimate of drug-likeness (QED) is 0.459. The fourth-order valence-corrected chi connectivity index (χ4v) is 4.71. The minimum Gasteiger partial charge on any atom is -0.491 e. The minimum absolute atomic E-state index is 0.0920. The first kappa shape index (κ1) is 25.1. The summed E-state index contributed by atoms with van der Waals surface area (Å²) in [6, 6.07) is 10.3. The number of amides is 1. The zero-order chi connectivity index (χ0) is 25.1. The molecule has 8 nitrogen and oxygen atoms in total. The number of allylic oxidation sites excluding steroid dienone is 1. The van der Waals surface area contributed by atoms with Gasteiger partial charge in [0.1, 0.15) is 11.4 Å². The molecule has 0 aromatic heterocycles. The van der Waals surface area contributed by atoms with Crippen LogP contribution in [0.1, 0.15) is 25.0 Å². The van der Waals surface area contributed by atoms with Crippen molar-refractivity contribution in [1.82, 2.24) is 4.31 Å². The summed E-state index contributed by atoms with van der Waals surface area (Å²) < 4.78 is 70.6. The molecule has 0 saturated carbocycles. The van der Waals surface area contributed by atoms with E-state index in [9.17, 15) is 26.4 Å². The van der Waals surface area contributed by atoms with Crippen LogP contribution in [-0.2, 0) is 30.6 Å². The van der Waals surface area contributed by atoms with Gasteiger partial charge in [0.15, 0.2) is 12.4 Å². The molecule has 2 aromatic rings. The summed E-state index contributed by atoms with van der Waals surface area (Å²) in [5.41, 5.74) is -0.00561. The lowest BCUT2D eigenvalue weighted by molar-refractivity contribution is -0.137. The van der Waals surface area contributed by atoms with E-state index in [2.05, 4.69) is 10.5 Å². The van der Waals surface area contributed by atoms with Crippen molar-refractivity contribution in [3.63, 3.8) is 0 Å². The summed E-state index contributed by atoms with van der Waals surface area (Å²) in [6.07, 6.45) is -4.48. The van der Waals surface area contributed by atoms with Crippen LogP contribution < -0.4 is 5.32 Å². The van der Waals surface area contributed by atoms with Gasteiger partial charge in [0.05, 0.1) is 17.1 Å². The third-order valence-electron chi connectivity index (χ3n) is 4.82. The lowest BCUT2D eigenvalue weighted by Gasteiger charge is -2.30. The van der Waals surface area contributed by atoms with E-state index in [1.54, 1.807) is 25.1 Å². The van der Waals surface area contributed by atoms with Crippen LogP contribution in [0.3, 0.4) is 0 Å². The molecule has 1 N–H and O–H groups in total. The molecular weight excluding hydrogens is 475 g/mol. The van der Waals surface area contributed by atoms with Gasteiger partial charge < -0.3 is 14.9 Å². The molecule has 0 unspecified atom stereocenters. The number of oxime groups is 1. The molecule has 0 spiro atoms. The van der Waals surface area contributed by atoms with Gasteiger partial charge in [-0.1, -0.05) is 17.3 Å². The zero-order valence-corrected chi connectivity index (χ0v) is 19.3. The normalized spacial score (nSPS) is 15.6. The first-order chi connectivity index (χ1) is 16.0. The molecule has 1 aliphatic heterocycles. The summed E-state index contributed by atoms with van der Waals surface area (Å²) in [6.45, 7) is 2.97. The molecule has 3 rings (SSSR count). The Balaban J connectivity index is 1.76. The van der Waals surface area contributed by atoms with Gasteiger partial charge in [-0.05, 0) is 50.2 Å². The van der Waals surface area contributed by atoms with Crippen LogP contribution in [0.4, 0.5) is 18.9 Å². The highest BCUT2D eigenvalue weighted by Gasteiger charge is 2.36. The monoisotopic (exact) mass is 497 g/mol. The number of carbonyl (C=O) groups excluding carboxylic acids is 1. The molecule has 34 heavy (non-hydrogen) atoms. The maximum Gasteiger partial charge on any atom is 0.416 e. The molecule has 2 aromatic carbocycles. The number of benzene rings is 2.